The van der Waals surface area contributed by atoms with Crippen LogP contribution in [-0.4, -0.2) is 5.78 Å². The van der Waals surface area contributed by atoms with Gasteiger partial charge in [0.15, 0.2) is 5.78 Å². The molecule has 0 aromatic heterocycles. The first-order chi connectivity index (χ1) is 9.20. The Hall–Kier alpha value is -2.12. The van der Waals surface area contributed by atoms with Crippen LogP contribution in [0.15, 0.2) is 67.3 Å². The Balaban J connectivity index is 2.46. The molecule has 0 amide bonds. The van der Waals surface area contributed by atoms with Crippen molar-refractivity contribution in [3.63, 3.8) is 0 Å². The summed E-state index contributed by atoms with van der Waals surface area (Å²) in [5.41, 5.74) is 2.43. The number of hydrogen-bond acceptors (Lipinski definition) is 1. The summed E-state index contributed by atoms with van der Waals surface area (Å²) in [4.78, 5) is 12.0. The second-order valence-corrected chi connectivity index (χ2v) is 4.48. The van der Waals surface area contributed by atoms with Crippen molar-refractivity contribution < 1.29 is 4.79 Å². The summed E-state index contributed by atoms with van der Waals surface area (Å²) < 4.78 is 0. The summed E-state index contributed by atoms with van der Waals surface area (Å²) in [6.07, 6.45) is 3.17. The van der Waals surface area contributed by atoms with E-state index in [0.29, 0.717) is 10.6 Å². The highest BCUT2D eigenvalue weighted by molar-refractivity contribution is 6.31. The number of benzene rings is 2. The average Bonchev–Trinajstić information content (AvgIpc) is 2.47. The van der Waals surface area contributed by atoms with Gasteiger partial charge < -0.3 is 0 Å². The van der Waals surface area contributed by atoms with Crippen molar-refractivity contribution in [1.82, 2.24) is 0 Å². The monoisotopic (exact) mass is 268 g/mol. The molecule has 0 bridgehead atoms. The molecule has 2 heteroatoms. The lowest BCUT2D eigenvalue weighted by molar-refractivity contribution is -0.109. The highest BCUT2D eigenvalue weighted by Gasteiger charge is 2.08. The molecule has 19 heavy (non-hydrogen) atoms. The topological polar surface area (TPSA) is 17.1 Å². The van der Waals surface area contributed by atoms with E-state index in [4.69, 9.17) is 11.6 Å². The van der Waals surface area contributed by atoms with Crippen molar-refractivity contribution in [3.8, 4) is 0 Å². The zero-order valence-electron chi connectivity index (χ0n) is 10.3. The van der Waals surface area contributed by atoms with Gasteiger partial charge >= 0.3 is 0 Å². The maximum Gasteiger partial charge on any atom is 0.185 e. The van der Waals surface area contributed by atoms with E-state index in [9.17, 15) is 4.79 Å². The first kappa shape index (κ1) is 13.3. The molecule has 0 unspecified atom stereocenters. The minimum absolute atomic E-state index is 0.0962. The number of ketones is 1. The third-order valence-electron chi connectivity index (χ3n) is 2.72. The smallest absolute Gasteiger partial charge is 0.185 e. The normalized spacial score (nSPS) is 11.1. The molecule has 0 saturated carbocycles. The first-order valence-electron chi connectivity index (χ1n) is 5.90. The summed E-state index contributed by atoms with van der Waals surface area (Å²) >= 11 is 5.85. The van der Waals surface area contributed by atoms with E-state index in [1.54, 1.807) is 12.1 Å². The lowest BCUT2D eigenvalue weighted by atomic mass is 9.99. The highest BCUT2D eigenvalue weighted by atomic mass is 35.5. The second kappa shape index (κ2) is 6.17. The Bertz CT molecular complexity index is 609. The molecular formula is C17H13ClO. The molecule has 0 saturated heterocycles. The predicted molar refractivity (Wildman–Crippen MR) is 81.0 cm³/mol. The number of carbonyl (C=O) groups is 1. The van der Waals surface area contributed by atoms with Crippen LogP contribution < -0.4 is 0 Å². The van der Waals surface area contributed by atoms with Gasteiger partial charge in [0.1, 0.15) is 0 Å². The van der Waals surface area contributed by atoms with Crippen LogP contribution in [0.3, 0.4) is 0 Å². The number of halogens is 1. The molecule has 0 N–H and O–H groups in total. The van der Waals surface area contributed by atoms with Crippen molar-refractivity contribution in [2.75, 3.05) is 0 Å². The molecule has 0 atom stereocenters. The highest BCUT2D eigenvalue weighted by Crippen LogP contribution is 2.20. The van der Waals surface area contributed by atoms with Crippen molar-refractivity contribution in [1.29, 1.82) is 0 Å². The van der Waals surface area contributed by atoms with Crippen LogP contribution in [0.5, 0.6) is 0 Å². The molecule has 94 valence electrons. The van der Waals surface area contributed by atoms with Gasteiger partial charge in [-0.25, -0.2) is 0 Å². The lowest BCUT2D eigenvalue weighted by Gasteiger charge is -2.04. The molecular weight excluding hydrogens is 256 g/mol. The SMILES string of the molecule is C=CC(=O)/C(=C\c1ccc(Cl)cc1)c1ccccc1. The molecule has 0 radical (unpaired) electrons. The number of hydrogen-bond donors (Lipinski definition) is 0. The van der Waals surface area contributed by atoms with Crippen LogP contribution in [-0.2, 0) is 4.79 Å². The van der Waals surface area contributed by atoms with Gasteiger partial charge in [0.05, 0.1) is 0 Å². The maximum absolute atomic E-state index is 12.0. The van der Waals surface area contributed by atoms with Gasteiger partial charge in [-0.05, 0) is 35.4 Å². The Morgan fingerprint density at radius 1 is 1.00 bits per heavy atom. The van der Waals surface area contributed by atoms with E-state index >= 15 is 0 Å². The number of carbonyl (C=O) groups excluding carboxylic acids is 1. The largest absolute Gasteiger partial charge is 0.289 e. The fourth-order valence-electron chi connectivity index (χ4n) is 1.75. The molecule has 0 aliphatic rings. The van der Waals surface area contributed by atoms with Crippen LogP contribution in [0.25, 0.3) is 11.6 Å². The zero-order chi connectivity index (χ0) is 13.7. The Morgan fingerprint density at radius 3 is 2.21 bits per heavy atom. The molecule has 2 aromatic carbocycles. The van der Waals surface area contributed by atoms with Gasteiger partial charge in [0, 0.05) is 10.6 Å². The summed E-state index contributed by atoms with van der Waals surface area (Å²) in [5.74, 6) is -0.0962. The van der Waals surface area contributed by atoms with Crippen LogP contribution >= 0.6 is 11.6 Å². The van der Waals surface area contributed by atoms with E-state index in [1.807, 2.05) is 48.5 Å². The molecule has 2 rings (SSSR count). The maximum atomic E-state index is 12.0. The lowest BCUT2D eigenvalue weighted by Crippen LogP contribution is -1.97. The summed E-state index contributed by atoms with van der Waals surface area (Å²) in [6, 6.07) is 16.9. The Kier molecular flexibility index (Phi) is 4.32. The molecule has 1 nitrogen and oxygen atoms in total. The van der Waals surface area contributed by atoms with E-state index < -0.39 is 0 Å². The van der Waals surface area contributed by atoms with Gasteiger partial charge in [-0.1, -0.05) is 60.6 Å². The third kappa shape index (κ3) is 3.43. The van der Waals surface area contributed by atoms with Gasteiger partial charge in [-0.15, -0.1) is 0 Å². The van der Waals surface area contributed by atoms with Gasteiger partial charge in [-0.3, -0.25) is 4.79 Å². The van der Waals surface area contributed by atoms with Crippen molar-refractivity contribution in [3.05, 3.63) is 83.4 Å². The van der Waals surface area contributed by atoms with E-state index in [2.05, 4.69) is 6.58 Å². The van der Waals surface area contributed by atoms with E-state index in [1.165, 1.54) is 6.08 Å². The fraction of sp³-hybridized carbons (Fsp3) is 0. The minimum atomic E-state index is -0.0962. The standard InChI is InChI=1S/C17H13ClO/c1-2-17(19)16(14-6-4-3-5-7-14)12-13-8-10-15(18)11-9-13/h2-12H,1H2/b16-12-. The molecule has 0 fully saturated rings. The quantitative estimate of drug-likeness (QED) is 0.583. The number of rotatable bonds is 4. The van der Waals surface area contributed by atoms with Crippen LogP contribution in [0.1, 0.15) is 11.1 Å². The summed E-state index contributed by atoms with van der Waals surface area (Å²) in [7, 11) is 0. The third-order valence-corrected chi connectivity index (χ3v) is 2.97. The Morgan fingerprint density at radius 2 is 1.63 bits per heavy atom. The molecule has 0 heterocycles. The van der Waals surface area contributed by atoms with Gasteiger partial charge in [-0.2, -0.15) is 0 Å². The minimum Gasteiger partial charge on any atom is -0.289 e. The van der Waals surface area contributed by atoms with Crippen LogP contribution in [0.4, 0.5) is 0 Å². The van der Waals surface area contributed by atoms with Crippen molar-refractivity contribution in [2.24, 2.45) is 0 Å². The van der Waals surface area contributed by atoms with Crippen molar-refractivity contribution in [2.45, 2.75) is 0 Å². The molecule has 0 aliphatic heterocycles. The van der Waals surface area contributed by atoms with Crippen LogP contribution in [0, 0.1) is 0 Å². The average molecular weight is 269 g/mol. The van der Waals surface area contributed by atoms with E-state index in [0.717, 1.165) is 11.1 Å². The number of allylic oxidation sites excluding steroid dienone is 2. The Labute approximate surface area is 117 Å². The zero-order valence-corrected chi connectivity index (χ0v) is 11.1. The summed E-state index contributed by atoms with van der Waals surface area (Å²) in [6.45, 7) is 3.55. The molecule has 0 spiro atoms. The molecule has 0 aliphatic carbocycles. The second-order valence-electron chi connectivity index (χ2n) is 4.04. The van der Waals surface area contributed by atoms with Gasteiger partial charge in [0.2, 0.25) is 0 Å². The van der Waals surface area contributed by atoms with Crippen molar-refractivity contribution >= 4 is 29.0 Å². The molecule has 2 aromatic rings. The first-order valence-corrected chi connectivity index (χ1v) is 6.28. The predicted octanol–water partition coefficient (Wildman–Crippen LogP) is 4.64. The van der Waals surface area contributed by atoms with Crippen LogP contribution in [0.2, 0.25) is 5.02 Å². The van der Waals surface area contributed by atoms with Gasteiger partial charge in [0.25, 0.3) is 0 Å². The summed E-state index contributed by atoms with van der Waals surface area (Å²) in [5, 5.41) is 0.674. The fourth-order valence-corrected chi connectivity index (χ4v) is 1.88. The van der Waals surface area contributed by atoms with E-state index in [-0.39, 0.29) is 5.78 Å².